The lowest BCUT2D eigenvalue weighted by Gasteiger charge is -2.25. The minimum absolute atomic E-state index is 0.210. The lowest BCUT2D eigenvalue weighted by Crippen LogP contribution is -2.40. The lowest BCUT2D eigenvalue weighted by atomic mass is 9.96. The molecule has 0 aliphatic carbocycles. The van der Waals surface area contributed by atoms with Crippen molar-refractivity contribution >= 4 is 35.0 Å². The van der Waals surface area contributed by atoms with Crippen LogP contribution in [0.3, 0.4) is 0 Å². The van der Waals surface area contributed by atoms with Crippen molar-refractivity contribution in [3.05, 3.63) is 108 Å². The van der Waals surface area contributed by atoms with Crippen molar-refractivity contribution in [3.8, 4) is 5.75 Å². The summed E-state index contributed by atoms with van der Waals surface area (Å²) in [6, 6.07) is 13.9. The number of allylic oxidation sites excluding steroid dienone is 1. The van der Waals surface area contributed by atoms with Crippen molar-refractivity contribution in [2.24, 2.45) is 4.99 Å². The highest BCUT2D eigenvalue weighted by molar-refractivity contribution is 7.07. The Morgan fingerprint density at radius 1 is 1.24 bits per heavy atom. The van der Waals surface area contributed by atoms with Gasteiger partial charge in [0.15, 0.2) is 4.80 Å². The maximum atomic E-state index is 13.6. The monoisotopic (exact) mass is 494 g/mol. The van der Waals surface area contributed by atoms with Crippen molar-refractivity contribution in [1.82, 2.24) is 4.57 Å². The van der Waals surface area contributed by atoms with E-state index in [1.54, 1.807) is 38.1 Å². The standard InChI is InChI=1S/C26H23ClN2O4S/c1-4-14-33-18-12-10-17(11-13-18)15-21-24(30)29-23(19-8-6-7-9-20(19)27)22(25(31)32-5-2)16(3)28-26(29)34-21/h4,6-13,15,23H,1,5,14H2,2-3H3/b21-15-. The Hall–Kier alpha value is -3.42. The van der Waals surface area contributed by atoms with E-state index >= 15 is 0 Å². The summed E-state index contributed by atoms with van der Waals surface area (Å²) in [5.74, 6) is 0.199. The molecule has 34 heavy (non-hydrogen) atoms. The summed E-state index contributed by atoms with van der Waals surface area (Å²) >= 11 is 7.78. The van der Waals surface area contributed by atoms with Gasteiger partial charge in [0, 0.05) is 5.02 Å². The summed E-state index contributed by atoms with van der Waals surface area (Å²) in [6.45, 7) is 7.75. The van der Waals surface area contributed by atoms with Crippen LogP contribution in [0, 0.1) is 0 Å². The van der Waals surface area contributed by atoms with Crippen molar-refractivity contribution in [2.75, 3.05) is 13.2 Å². The smallest absolute Gasteiger partial charge is 0.338 e. The van der Waals surface area contributed by atoms with Crippen LogP contribution in [-0.4, -0.2) is 23.8 Å². The molecule has 1 aliphatic heterocycles. The quantitative estimate of drug-likeness (QED) is 0.367. The minimum Gasteiger partial charge on any atom is -0.490 e. The van der Waals surface area contributed by atoms with Crippen LogP contribution >= 0.6 is 22.9 Å². The number of nitrogens with zero attached hydrogens (tertiary/aromatic N) is 2. The topological polar surface area (TPSA) is 69.9 Å². The van der Waals surface area contributed by atoms with Crippen LogP contribution in [-0.2, 0) is 9.53 Å². The molecule has 0 saturated carbocycles. The number of benzene rings is 2. The van der Waals surface area contributed by atoms with E-state index in [1.807, 2.05) is 36.4 Å². The van der Waals surface area contributed by atoms with Gasteiger partial charge in [-0.2, -0.15) is 0 Å². The highest BCUT2D eigenvalue weighted by Crippen LogP contribution is 2.34. The van der Waals surface area contributed by atoms with Crippen molar-refractivity contribution in [2.45, 2.75) is 19.9 Å². The van der Waals surface area contributed by atoms with Gasteiger partial charge in [-0.25, -0.2) is 9.79 Å². The van der Waals surface area contributed by atoms with Crippen LogP contribution in [0.2, 0.25) is 5.02 Å². The first-order valence-corrected chi connectivity index (χ1v) is 11.9. The van der Waals surface area contributed by atoms with E-state index in [1.165, 1.54) is 15.9 Å². The highest BCUT2D eigenvalue weighted by atomic mass is 35.5. The first-order valence-electron chi connectivity index (χ1n) is 10.7. The molecule has 1 aliphatic rings. The lowest BCUT2D eigenvalue weighted by molar-refractivity contribution is -0.139. The van der Waals surface area contributed by atoms with E-state index in [9.17, 15) is 9.59 Å². The zero-order valence-corrected chi connectivity index (χ0v) is 20.4. The fraction of sp³-hybridized carbons (Fsp3) is 0.192. The molecule has 0 amide bonds. The van der Waals surface area contributed by atoms with E-state index in [4.69, 9.17) is 21.1 Å². The number of aromatic nitrogens is 1. The first-order chi connectivity index (χ1) is 16.4. The number of hydrogen-bond acceptors (Lipinski definition) is 6. The molecule has 2 aromatic carbocycles. The van der Waals surface area contributed by atoms with Gasteiger partial charge in [-0.15, -0.1) is 0 Å². The molecule has 1 aromatic heterocycles. The number of fused-ring (bicyclic) bond motifs is 1. The van der Waals surface area contributed by atoms with E-state index in [-0.39, 0.29) is 12.2 Å². The van der Waals surface area contributed by atoms with Crippen molar-refractivity contribution in [1.29, 1.82) is 0 Å². The summed E-state index contributed by atoms with van der Waals surface area (Å²) in [6.07, 6.45) is 3.48. The molecule has 2 heterocycles. The Bertz CT molecular complexity index is 1450. The van der Waals surface area contributed by atoms with Crippen LogP contribution in [0.4, 0.5) is 0 Å². The summed E-state index contributed by atoms with van der Waals surface area (Å²) in [7, 11) is 0. The van der Waals surface area contributed by atoms with Crippen LogP contribution in [0.15, 0.2) is 82.2 Å². The predicted octanol–water partition coefficient (Wildman–Crippen LogP) is 4.02. The molecule has 0 fully saturated rings. The van der Waals surface area contributed by atoms with Gasteiger partial charge in [0.2, 0.25) is 0 Å². The number of rotatable bonds is 7. The van der Waals surface area contributed by atoms with E-state index < -0.39 is 12.0 Å². The van der Waals surface area contributed by atoms with E-state index in [0.717, 1.165) is 5.56 Å². The predicted molar refractivity (Wildman–Crippen MR) is 134 cm³/mol. The maximum absolute atomic E-state index is 13.6. The number of carbonyl (C=O) groups excluding carboxylic acids is 1. The average Bonchev–Trinajstić information content (AvgIpc) is 3.12. The van der Waals surface area contributed by atoms with Crippen LogP contribution in [0.25, 0.3) is 6.08 Å². The van der Waals surface area contributed by atoms with Gasteiger partial charge in [0.1, 0.15) is 18.4 Å². The molecular formula is C26H23ClN2O4S. The molecule has 1 atom stereocenters. The van der Waals surface area contributed by atoms with Crippen molar-refractivity contribution in [3.63, 3.8) is 0 Å². The number of esters is 1. The highest BCUT2D eigenvalue weighted by Gasteiger charge is 2.34. The molecule has 0 saturated heterocycles. The fourth-order valence-corrected chi connectivity index (χ4v) is 5.04. The van der Waals surface area contributed by atoms with Crippen LogP contribution in [0.1, 0.15) is 31.0 Å². The SMILES string of the molecule is C=CCOc1ccc(/C=c2\sc3n(c2=O)C(c2ccccc2Cl)C(C(=O)OCC)=C(C)N=3)cc1. The third-order valence-electron chi connectivity index (χ3n) is 5.26. The Balaban J connectivity index is 1.86. The largest absolute Gasteiger partial charge is 0.490 e. The van der Waals surface area contributed by atoms with Gasteiger partial charge in [0.05, 0.1) is 22.4 Å². The molecular weight excluding hydrogens is 472 g/mol. The summed E-state index contributed by atoms with van der Waals surface area (Å²) < 4.78 is 12.8. The molecule has 4 rings (SSSR count). The van der Waals surface area contributed by atoms with E-state index in [0.29, 0.717) is 43.5 Å². The van der Waals surface area contributed by atoms with Gasteiger partial charge in [0.25, 0.3) is 5.56 Å². The number of thiazole rings is 1. The molecule has 0 spiro atoms. The Labute approximate surface area is 205 Å². The summed E-state index contributed by atoms with van der Waals surface area (Å²) in [5.41, 5.74) is 2.03. The molecule has 174 valence electrons. The molecule has 0 bridgehead atoms. The van der Waals surface area contributed by atoms with E-state index in [2.05, 4.69) is 11.6 Å². The fourth-order valence-electron chi connectivity index (χ4n) is 3.75. The summed E-state index contributed by atoms with van der Waals surface area (Å²) in [4.78, 5) is 31.6. The second-order valence-electron chi connectivity index (χ2n) is 7.49. The van der Waals surface area contributed by atoms with Crippen molar-refractivity contribution < 1.29 is 14.3 Å². The molecule has 3 aromatic rings. The molecule has 8 heteroatoms. The number of carbonyl (C=O) groups is 1. The Morgan fingerprint density at radius 2 is 1.97 bits per heavy atom. The molecule has 0 radical (unpaired) electrons. The van der Waals surface area contributed by atoms with Gasteiger partial charge < -0.3 is 9.47 Å². The number of ether oxygens (including phenoxy) is 2. The number of halogens is 1. The van der Waals surface area contributed by atoms with Gasteiger partial charge in [-0.05, 0) is 49.2 Å². The van der Waals surface area contributed by atoms with Gasteiger partial charge in [-0.1, -0.05) is 65.9 Å². The molecule has 1 unspecified atom stereocenters. The van der Waals surface area contributed by atoms with Gasteiger partial charge >= 0.3 is 5.97 Å². The Kier molecular flexibility index (Phi) is 7.14. The molecule has 6 nitrogen and oxygen atoms in total. The normalized spacial score (nSPS) is 15.5. The van der Waals surface area contributed by atoms with Gasteiger partial charge in [-0.3, -0.25) is 9.36 Å². The summed E-state index contributed by atoms with van der Waals surface area (Å²) in [5, 5.41) is 0.452. The van der Waals surface area contributed by atoms with Crippen LogP contribution < -0.4 is 19.6 Å². The average molecular weight is 495 g/mol. The minimum atomic E-state index is -0.735. The zero-order valence-electron chi connectivity index (χ0n) is 18.8. The number of hydrogen-bond donors (Lipinski definition) is 0. The zero-order chi connectivity index (χ0) is 24.2. The van der Waals surface area contributed by atoms with Crippen LogP contribution in [0.5, 0.6) is 5.75 Å². The Morgan fingerprint density at radius 3 is 2.65 bits per heavy atom. The first kappa shape index (κ1) is 23.7. The maximum Gasteiger partial charge on any atom is 0.338 e. The second kappa shape index (κ2) is 10.2. The third-order valence-corrected chi connectivity index (χ3v) is 6.59. The third kappa shape index (κ3) is 4.62. The second-order valence-corrected chi connectivity index (χ2v) is 8.91. The molecule has 0 N–H and O–H groups in total.